The first-order chi connectivity index (χ1) is 16.5. The molecule has 0 atom stereocenters. The average Bonchev–Trinajstić information content (AvgIpc) is 3.45. The zero-order valence-electron chi connectivity index (χ0n) is 20.3. The number of carbonyl (C=O) groups is 1. The lowest BCUT2D eigenvalue weighted by Gasteiger charge is -2.10. The number of aryl methyl sites for hydroxylation is 1. The monoisotopic (exact) mass is 488 g/mol. The summed E-state index contributed by atoms with van der Waals surface area (Å²) in [6, 6.07) is 5.75. The molecule has 34 heavy (non-hydrogen) atoms. The lowest BCUT2D eigenvalue weighted by molar-refractivity contribution is -0.118. The van der Waals surface area contributed by atoms with Crippen LogP contribution >= 0.6 is 11.8 Å². The van der Waals surface area contributed by atoms with Crippen molar-refractivity contribution < 1.29 is 19.0 Å². The fourth-order valence-electron chi connectivity index (χ4n) is 3.41. The lowest BCUT2D eigenvalue weighted by atomic mass is 10.1. The third-order valence-electron chi connectivity index (χ3n) is 5.12. The molecule has 0 fully saturated rings. The van der Waals surface area contributed by atoms with Crippen molar-refractivity contribution in [1.82, 2.24) is 29.9 Å². The van der Waals surface area contributed by atoms with E-state index in [1.54, 1.807) is 14.2 Å². The Hall–Kier alpha value is -3.21. The Morgan fingerprint density at radius 1 is 1.09 bits per heavy atom. The molecule has 0 saturated carbocycles. The van der Waals surface area contributed by atoms with E-state index in [9.17, 15) is 4.79 Å². The number of nitrogens with zero attached hydrogens (tertiary/aromatic N) is 5. The van der Waals surface area contributed by atoms with E-state index >= 15 is 0 Å². The van der Waals surface area contributed by atoms with Crippen molar-refractivity contribution >= 4 is 17.7 Å². The molecule has 2 aromatic heterocycles. The second-order valence-corrected chi connectivity index (χ2v) is 8.21. The zero-order chi connectivity index (χ0) is 24.5. The number of carbonyl (C=O) groups excluding carboxylic acids is 1. The van der Waals surface area contributed by atoms with E-state index in [4.69, 9.17) is 14.2 Å². The number of amides is 1. The van der Waals surface area contributed by atoms with E-state index in [0.29, 0.717) is 54.5 Å². The van der Waals surface area contributed by atoms with Gasteiger partial charge in [-0.05, 0) is 44.9 Å². The first kappa shape index (κ1) is 25.4. The molecule has 3 aromatic rings. The molecule has 11 heteroatoms. The molecule has 0 bridgehead atoms. The molecule has 1 amide bonds. The molecule has 0 unspecified atom stereocenters. The first-order valence-corrected chi connectivity index (χ1v) is 12.3. The van der Waals surface area contributed by atoms with E-state index in [1.165, 1.54) is 11.8 Å². The number of nitrogens with one attached hydrogen (secondary N) is 1. The fourth-order valence-corrected chi connectivity index (χ4v) is 4.24. The van der Waals surface area contributed by atoms with Crippen LogP contribution in [0.15, 0.2) is 29.6 Å². The molecule has 0 radical (unpaired) electrons. The van der Waals surface area contributed by atoms with E-state index < -0.39 is 0 Å². The van der Waals surface area contributed by atoms with Gasteiger partial charge in [0.15, 0.2) is 22.5 Å². The van der Waals surface area contributed by atoms with Gasteiger partial charge in [0.1, 0.15) is 5.56 Å². The van der Waals surface area contributed by atoms with Gasteiger partial charge in [0.2, 0.25) is 11.8 Å². The molecule has 3 rings (SSSR count). The Labute approximate surface area is 204 Å². The molecule has 0 aliphatic rings. The van der Waals surface area contributed by atoms with Crippen LogP contribution in [0.5, 0.6) is 17.4 Å². The molecule has 1 aromatic carbocycles. The van der Waals surface area contributed by atoms with Crippen LogP contribution in [0, 0.1) is 0 Å². The smallest absolute Gasteiger partial charge is 0.243 e. The van der Waals surface area contributed by atoms with Crippen LogP contribution in [0.1, 0.15) is 26.3 Å². The van der Waals surface area contributed by atoms with Crippen LogP contribution in [-0.4, -0.2) is 63.6 Å². The highest BCUT2D eigenvalue weighted by Crippen LogP contribution is 2.30. The van der Waals surface area contributed by atoms with Crippen LogP contribution in [0.3, 0.4) is 0 Å². The van der Waals surface area contributed by atoms with E-state index in [0.717, 1.165) is 17.7 Å². The summed E-state index contributed by atoms with van der Waals surface area (Å²) in [5.41, 5.74) is 1.85. The third-order valence-corrected chi connectivity index (χ3v) is 6.09. The number of methoxy groups -OCH3 is 2. The highest BCUT2D eigenvalue weighted by molar-refractivity contribution is 7.99. The SMILES string of the molecule is CCOc1nn(CC)cc1-c1nnc(SCC(=O)NCCc2ccc(OC)c(OC)c2)n1CC. The summed E-state index contributed by atoms with van der Waals surface area (Å²) in [5, 5.41) is 16.8. The maximum Gasteiger partial charge on any atom is 0.243 e. The summed E-state index contributed by atoms with van der Waals surface area (Å²) in [6.07, 6.45) is 2.60. The summed E-state index contributed by atoms with van der Waals surface area (Å²) in [4.78, 5) is 12.4. The minimum Gasteiger partial charge on any atom is -0.493 e. The average molecular weight is 489 g/mol. The largest absolute Gasteiger partial charge is 0.493 e. The number of thioether (sulfide) groups is 1. The van der Waals surface area contributed by atoms with Crippen molar-refractivity contribution in [2.45, 2.75) is 45.4 Å². The Bertz CT molecular complexity index is 1100. The normalized spacial score (nSPS) is 10.9. The molecule has 0 saturated heterocycles. The standard InChI is InChI=1S/C23H32N6O4S/c1-6-28-14-17(22(27-28)33-8-3)21-25-26-23(29(21)7-2)34-15-20(30)24-12-11-16-9-10-18(31-4)19(13-16)32-5/h9-10,13-14H,6-8,11-12,15H2,1-5H3,(H,24,30). The zero-order valence-corrected chi connectivity index (χ0v) is 21.1. The van der Waals surface area contributed by atoms with Crippen LogP contribution < -0.4 is 19.5 Å². The van der Waals surface area contributed by atoms with Crippen molar-refractivity contribution in [3.05, 3.63) is 30.0 Å². The van der Waals surface area contributed by atoms with Crippen molar-refractivity contribution in [2.24, 2.45) is 0 Å². The molecular weight excluding hydrogens is 456 g/mol. The van der Waals surface area contributed by atoms with Gasteiger partial charge in [-0.3, -0.25) is 9.48 Å². The maximum absolute atomic E-state index is 12.4. The lowest BCUT2D eigenvalue weighted by Crippen LogP contribution is -2.27. The van der Waals surface area contributed by atoms with Crippen molar-refractivity contribution in [1.29, 1.82) is 0 Å². The van der Waals surface area contributed by atoms with Gasteiger partial charge in [-0.25, -0.2) is 0 Å². The van der Waals surface area contributed by atoms with Crippen LogP contribution in [0.25, 0.3) is 11.4 Å². The Morgan fingerprint density at radius 3 is 2.56 bits per heavy atom. The van der Waals surface area contributed by atoms with Crippen molar-refractivity contribution in [3.8, 4) is 28.8 Å². The topological polar surface area (TPSA) is 105 Å². The van der Waals surface area contributed by atoms with E-state index in [2.05, 4.69) is 20.6 Å². The van der Waals surface area contributed by atoms with Gasteiger partial charge >= 0.3 is 0 Å². The van der Waals surface area contributed by atoms with Crippen molar-refractivity contribution in [3.63, 3.8) is 0 Å². The third kappa shape index (κ3) is 6.02. The van der Waals surface area contributed by atoms with Gasteiger partial charge < -0.3 is 24.1 Å². The fraction of sp³-hybridized carbons (Fsp3) is 0.478. The number of hydrogen-bond acceptors (Lipinski definition) is 8. The van der Waals surface area contributed by atoms with Gasteiger partial charge in [-0.2, -0.15) is 0 Å². The minimum absolute atomic E-state index is 0.0634. The second kappa shape index (κ2) is 12.3. The highest BCUT2D eigenvalue weighted by Gasteiger charge is 2.20. The summed E-state index contributed by atoms with van der Waals surface area (Å²) in [5.74, 6) is 2.76. The minimum atomic E-state index is -0.0634. The van der Waals surface area contributed by atoms with Gasteiger partial charge in [0.05, 0.1) is 26.6 Å². The van der Waals surface area contributed by atoms with Gasteiger partial charge in [0, 0.05) is 25.8 Å². The highest BCUT2D eigenvalue weighted by atomic mass is 32.2. The molecule has 10 nitrogen and oxygen atoms in total. The number of aromatic nitrogens is 5. The second-order valence-electron chi connectivity index (χ2n) is 7.27. The van der Waals surface area contributed by atoms with Crippen LogP contribution in [0.2, 0.25) is 0 Å². The molecule has 2 heterocycles. The summed E-state index contributed by atoms with van der Waals surface area (Å²) in [7, 11) is 3.21. The van der Waals surface area contributed by atoms with Crippen LogP contribution in [0.4, 0.5) is 0 Å². The molecule has 184 valence electrons. The summed E-state index contributed by atoms with van der Waals surface area (Å²) >= 11 is 1.36. The Balaban J connectivity index is 1.58. The maximum atomic E-state index is 12.4. The van der Waals surface area contributed by atoms with E-state index in [1.807, 2.05) is 54.4 Å². The summed E-state index contributed by atoms with van der Waals surface area (Å²) in [6.45, 7) is 8.38. The number of rotatable bonds is 13. The van der Waals surface area contributed by atoms with E-state index in [-0.39, 0.29) is 11.7 Å². The predicted molar refractivity (Wildman–Crippen MR) is 131 cm³/mol. The first-order valence-electron chi connectivity index (χ1n) is 11.3. The number of hydrogen-bond donors (Lipinski definition) is 1. The van der Waals surface area contributed by atoms with Gasteiger partial charge in [-0.15, -0.1) is 15.3 Å². The van der Waals surface area contributed by atoms with Crippen molar-refractivity contribution in [2.75, 3.05) is 33.1 Å². The summed E-state index contributed by atoms with van der Waals surface area (Å²) < 4.78 is 20.1. The molecule has 0 spiro atoms. The number of ether oxygens (including phenoxy) is 3. The predicted octanol–water partition coefficient (Wildman–Crippen LogP) is 3.05. The molecular formula is C23H32N6O4S. The Morgan fingerprint density at radius 2 is 1.88 bits per heavy atom. The van der Waals surface area contributed by atoms with Gasteiger partial charge in [-0.1, -0.05) is 17.8 Å². The van der Waals surface area contributed by atoms with Gasteiger partial charge in [0.25, 0.3) is 0 Å². The quantitative estimate of drug-likeness (QED) is 0.366. The molecule has 0 aliphatic carbocycles. The Kier molecular flexibility index (Phi) is 9.20. The number of benzene rings is 1. The molecule has 1 N–H and O–H groups in total. The van der Waals surface area contributed by atoms with Crippen LogP contribution in [-0.2, 0) is 24.3 Å². The molecule has 0 aliphatic heterocycles.